The third-order valence-electron chi connectivity index (χ3n) is 4.50. The first-order chi connectivity index (χ1) is 11.0. The summed E-state index contributed by atoms with van der Waals surface area (Å²) >= 11 is 0. The fourth-order valence-electron chi connectivity index (χ4n) is 3.11. The molecule has 1 aliphatic heterocycles. The van der Waals surface area contributed by atoms with Crippen molar-refractivity contribution in [3.63, 3.8) is 0 Å². The Labute approximate surface area is 138 Å². The lowest BCUT2D eigenvalue weighted by Gasteiger charge is -2.34. The molecule has 1 aliphatic rings. The predicted octanol–water partition coefficient (Wildman–Crippen LogP) is 2.98. The molecule has 1 saturated heterocycles. The number of carbonyl (C=O) groups is 2. The second-order valence-corrected chi connectivity index (χ2v) is 6.10. The Morgan fingerprint density at radius 2 is 2.13 bits per heavy atom. The number of hydrogen-bond acceptors (Lipinski definition) is 4. The molecule has 1 aromatic carbocycles. The smallest absolute Gasteiger partial charge is 0.337 e. The quantitative estimate of drug-likeness (QED) is 0.848. The molecule has 1 atom stereocenters. The third kappa shape index (κ3) is 4.55. The highest BCUT2D eigenvalue weighted by Crippen LogP contribution is 2.20. The van der Waals surface area contributed by atoms with E-state index in [2.05, 4.69) is 17.1 Å². The van der Waals surface area contributed by atoms with Crippen molar-refractivity contribution in [2.24, 2.45) is 0 Å². The number of hydrogen-bond donors (Lipinski definition) is 1. The third-order valence-corrected chi connectivity index (χ3v) is 4.50. The van der Waals surface area contributed by atoms with E-state index < -0.39 is 5.97 Å². The molecule has 1 heterocycles. The van der Waals surface area contributed by atoms with Crippen molar-refractivity contribution in [2.45, 2.75) is 45.6 Å². The van der Waals surface area contributed by atoms with Crippen LogP contribution < -0.4 is 5.32 Å². The van der Waals surface area contributed by atoms with Crippen LogP contribution in [0.25, 0.3) is 0 Å². The van der Waals surface area contributed by atoms with Gasteiger partial charge in [0.05, 0.1) is 19.2 Å². The maximum absolute atomic E-state index is 12.4. The minimum absolute atomic E-state index is 0.0320. The minimum Gasteiger partial charge on any atom is -0.465 e. The van der Waals surface area contributed by atoms with E-state index in [4.69, 9.17) is 4.74 Å². The summed E-state index contributed by atoms with van der Waals surface area (Å²) in [6.45, 7) is 5.46. The fourth-order valence-corrected chi connectivity index (χ4v) is 3.11. The van der Waals surface area contributed by atoms with Crippen LogP contribution in [0.5, 0.6) is 0 Å². The van der Waals surface area contributed by atoms with Crippen LogP contribution in [0, 0.1) is 6.92 Å². The first-order valence-corrected chi connectivity index (χ1v) is 8.28. The van der Waals surface area contributed by atoms with Gasteiger partial charge in [0.25, 0.3) is 0 Å². The van der Waals surface area contributed by atoms with Gasteiger partial charge in [-0.2, -0.15) is 0 Å². The first-order valence-electron chi connectivity index (χ1n) is 8.28. The molecule has 0 spiro atoms. The standard InChI is InChI=1S/C18H26N2O3/c1-4-15-7-5-6-10-20(15)12-17(21)19-16-11-14(18(22)23-3)9-8-13(16)2/h8-9,11,15H,4-7,10,12H2,1-3H3,(H,19,21). The van der Waals surface area contributed by atoms with E-state index in [0.29, 0.717) is 23.8 Å². The number of likely N-dealkylation sites (tertiary alicyclic amines) is 1. The maximum atomic E-state index is 12.4. The number of esters is 1. The zero-order valence-corrected chi connectivity index (χ0v) is 14.2. The van der Waals surface area contributed by atoms with Crippen molar-refractivity contribution >= 4 is 17.6 Å². The molecule has 2 rings (SSSR count). The Balaban J connectivity index is 2.03. The van der Waals surface area contributed by atoms with Gasteiger partial charge >= 0.3 is 5.97 Å². The van der Waals surface area contributed by atoms with E-state index in [1.807, 2.05) is 13.0 Å². The highest BCUT2D eigenvalue weighted by atomic mass is 16.5. The molecule has 0 aliphatic carbocycles. The van der Waals surface area contributed by atoms with Crippen LogP contribution >= 0.6 is 0 Å². The van der Waals surface area contributed by atoms with Gasteiger partial charge in [-0.05, 0) is 50.4 Å². The Kier molecular flexibility index (Phi) is 6.16. The second-order valence-electron chi connectivity index (χ2n) is 6.10. The van der Waals surface area contributed by atoms with Gasteiger partial charge in [0.15, 0.2) is 0 Å². The number of methoxy groups -OCH3 is 1. The number of amides is 1. The van der Waals surface area contributed by atoms with Gasteiger partial charge in [-0.15, -0.1) is 0 Å². The largest absolute Gasteiger partial charge is 0.465 e. The number of anilines is 1. The summed E-state index contributed by atoms with van der Waals surface area (Å²) in [5, 5.41) is 2.93. The molecule has 0 bridgehead atoms. The van der Waals surface area contributed by atoms with Crippen molar-refractivity contribution in [3.8, 4) is 0 Å². The summed E-state index contributed by atoms with van der Waals surface area (Å²) in [6.07, 6.45) is 4.64. The molecular weight excluding hydrogens is 292 g/mol. The summed E-state index contributed by atoms with van der Waals surface area (Å²) in [4.78, 5) is 26.3. The molecule has 5 nitrogen and oxygen atoms in total. The van der Waals surface area contributed by atoms with E-state index in [-0.39, 0.29) is 5.91 Å². The maximum Gasteiger partial charge on any atom is 0.337 e. The van der Waals surface area contributed by atoms with E-state index in [9.17, 15) is 9.59 Å². The number of carbonyl (C=O) groups excluding carboxylic acids is 2. The number of rotatable bonds is 5. The van der Waals surface area contributed by atoms with Gasteiger partial charge < -0.3 is 10.1 Å². The molecule has 0 saturated carbocycles. The lowest BCUT2D eigenvalue weighted by Crippen LogP contribution is -2.43. The molecule has 1 unspecified atom stereocenters. The normalized spacial score (nSPS) is 18.5. The van der Waals surface area contributed by atoms with Crippen LogP contribution in [0.3, 0.4) is 0 Å². The van der Waals surface area contributed by atoms with Gasteiger partial charge in [-0.3, -0.25) is 9.69 Å². The Morgan fingerprint density at radius 3 is 2.83 bits per heavy atom. The van der Waals surface area contributed by atoms with Crippen LogP contribution in [0.15, 0.2) is 18.2 Å². The molecular formula is C18H26N2O3. The molecule has 23 heavy (non-hydrogen) atoms. The summed E-state index contributed by atoms with van der Waals surface area (Å²) in [6, 6.07) is 5.69. The topological polar surface area (TPSA) is 58.6 Å². The molecule has 0 radical (unpaired) electrons. The number of ether oxygens (including phenoxy) is 1. The van der Waals surface area contributed by atoms with Crippen LogP contribution in [0.2, 0.25) is 0 Å². The van der Waals surface area contributed by atoms with Gasteiger partial charge in [-0.25, -0.2) is 4.79 Å². The number of aryl methyl sites for hydroxylation is 1. The zero-order chi connectivity index (χ0) is 16.8. The summed E-state index contributed by atoms with van der Waals surface area (Å²) < 4.78 is 4.73. The average molecular weight is 318 g/mol. The van der Waals surface area contributed by atoms with Gasteiger partial charge in [0, 0.05) is 11.7 Å². The average Bonchev–Trinajstić information content (AvgIpc) is 2.56. The number of piperidine rings is 1. The van der Waals surface area contributed by atoms with E-state index in [0.717, 1.165) is 24.9 Å². The second kappa shape index (κ2) is 8.11. The van der Waals surface area contributed by atoms with Crippen LogP contribution in [-0.4, -0.2) is 43.0 Å². The number of nitrogens with one attached hydrogen (secondary N) is 1. The molecule has 1 amide bonds. The minimum atomic E-state index is -0.400. The summed E-state index contributed by atoms with van der Waals surface area (Å²) in [7, 11) is 1.35. The number of benzene rings is 1. The van der Waals surface area contributed by atoms with Gasteiger partial charge in [-0.1, -0.05) is 19.4 Å². The SMILES string of the molecule is CCC1CCCCN1CC(=O)Nc1cc(C(=O)OC)ccc1C. The van der Waals surface area contributed by atoms with E-state index in [1.165, 1.54) is 20.0 Å². The lowest BCUT2D eigenvalue weighted by atomic mass is 10.00. The molecule has 126 valence electrons. The van der Waals surface area contributed by atoms with E-state index >= 15 is 0 Å². The Hall–Kier alpha value is -1.88. The molecule has 5 heteroatoms. The van der Waals surface area contributed by atoms with Crippen molar-refractivity contribution < 1.29 is 14.3 Å². The van der Waals surface area contributed by atoms with Crippen LogP contribution in [0.4, 0.5) is 5.69 Å². The lowest BCUT2D eigenvalue weighted by molar-refractivity contribution is -0.118. The highest BCUT2D eigenvalue weighted by molar-refractivity contribution is 5.96. The van der Waals surface area contributed by atoms with Crippen molar-refractivity contribution in [1.82, 2.24) is 4.90 Å². The number of nitrogens with zero attached hydrogens (tertiary/aromatic N) is 1. The Bertz CT molecular complexity index is 571. The van der Waals surface area contributed by atoms with Crippen LogP contribution in [0.1, 0.15) is 48.5 Å². The van der Waals surface area contributed by atoms with Crippen molar-refractivity contribution in [2.75, 3.05) is 25.5 Å². The summed E-state index contributed by atoms with van der Waals surface area (Å²) in [5.41, 5.74) is 2.04. The van der Waals surface area contributed by atoms with Gasteiger partial charge in [0.1, 0.15) is 0 Å². The van der Waals surface area contributed by atoms with Crippen LogP contribution in [-0.2, 0) is 9.53 Å². The molecule has 0 aromatic heterocycles. The summed E-state index contributed by atoms with van der Waals surface area (Å²) in [5.74, 6) is -0.432. The predicted molar refractivity (Wildman–Crippen MR) is 90.7 cm³/mol. The monoisotopic (exact) mass is 318 g/mol. The zero-order valence-electron chi connectivity index (χ0n) is 14.2. The molecule has 1 fully saturated rings. The Morgan fingerprint density at radius 1 is 1.35 bits per heavy atom. The highest BCUT2D eigenvalue weighted by Gasteiger charge is 2.23. The van der Waals surface area contributed by atoms with Crippen molar-refractivity contribution in [1.29, 1.82) is 0 Å². The van der Waals surface area contributed by atoms with Gasteiger partial charge in [0.2, 0.25) is 5.91 Å². The molecule has 1 aromatic rings. The first kappa shape index (κ1) is 17.5. The molecule has 1 N–H and O–H groups in total. The fraction of sp³-hybridized carbons (Fsp3) is 0.556. The van der Waals surface area contributed by atoms with E-state index in [1.54, 1.807) is 12.1 Å². The van der Waals surface area contributed by atoms with Crippen molar-refractivity contribution in [3.05, 3.63) is 29.3 Å².